The Bertz CT molecular complexity index is 1050. The van der Waals surface area contributed by atoms with Gasteiger partial charge in [-0.3, -0.25) is 9.88 Å². The van der Waals surface area contributed by atoms with Gasteiger partial charge in [0, 0.05) is 49.3 Å². The normalized spacial score (nSPS) is 14.8. The summed E-state index contributed by atoms with van der Waals surface area (Å²) in [5.74, 6) is -0.341. The van der Waals surface area contributed by atoms with E-state index in [2.05, 4.69) is 39.0 Å². The Morgan fingerprint density at radius 3 is 2.57 bits per heavy atom. The molecule has 1 aliphatic rings. The second kappa shape index (κ2) is 9.02. The zero-order chi connectivity index (χ0) is 21.1. The average molecular weight is 424 g/mol. The molecule has 1 fully saturated rings. The first-order chi connectivity index (χ1) is 14.6. The Balaban J connectivity index is 1.65. The highest BCUT2D eigenvalue weighted by Crippen LogP contribution is 2.34. The van der Waals surface area contributed by atoms with E-state index in [-0.39, 0.29) is 5.97 Å². The van der Waals surface area contributed by atoms with E-state index in [1.807, 2.05) is 32.0 Å². The number of ether oxygens (including phenoxy) is 1. The number of carbonyl (C=O) groups excluding carboxylic acids is 1. The first kappa shape index (κ1) is 20.6. The summed E-state index contributed by atoms with van der Waals surface area (Å²) in [4.78, 5) is 22.0. The maximum absolute atomic E-state index is 12.7. The average Bonchev–Trinajstić information content (AvgIpc) is 2.74. The van der Waals surface area contributed by atoms with Crippen molar-refractivity contribution < 1.29 is 9.53 Å². The fourth-order valence-electron chi connectivity index (χ4n) is 4.09. The van der Waals surface area contributed by atoms with Crippen LogP contribution in [0.25, 0.3) is 10.9 Å². The van der Waals surface area contributed by atoms with Crippen molar-refractivity contribution in [3.63, 3.8) is 0 Å². The second-order valence-corrected chi connectivity index (χ2v) is 8.05. The van der Waals surface area contributed by atoms with Crippen LogP contribution in [0.5, 0.6) is 0 Å². The van der Waals surface area contributed by atoms with Crippen LogP contribution in [0.1, 0.15) is 28.4 Å². The number of pyridine rings is 1. The number of carbonyl (C=O) groups is 1. The monoisotopic (exact) mass is 423 g/mol. The first-order valence-corrected chi connectivity index (χ1v) is 10.7. The minimum atomic E-state index is -0.341. The number of hydrogen-bond donors (Lipinski definition) is 0. The van der Waals surface area contributed by atoms with Crippen LogP contribution in [0.3, 0.4) is 0 Å². The maximum atomic E-state index is 12.7. The molecule has 0 radical (unpaired) electrons. The fraction of sp³-hybridized carbons (Fsp3) is 0.333. The van der Waals surface area contributed by atoms with Crippen LogP contribution in [0.15, 0.2) is 48.7 Å². The zero-order valence-corrected chi connectivity index (χ0v) is 18.2. The van der Waals surface area contributed by atoms with Gasteiger partial charge in [0.2, 0.25) is 0 Å². The van der Waals surface area contributed by atoms with Gasteiger partial charge in [-0.2, -0.15) is 0 Å². The number of anilines is 1. The number of hydrogen-bond acceptors (Lipinski definition) is 5. The zero-order valence-electron chi connectivity index (χ0n) is 17.4. The number of rotatable bonds is 5. The molecule has 4 rings (SSSR count). The molecule has 0 bridgehead atoms. The predicted octanol–water partition coefficient (Wildman–Crippen LogP) is 4.70. The van der Waals surface area contributed by atoms with Crippen LogP contribution >= 0.6 is 11.6 Å². The van der Waals surface area contributed by atoms with E-state index >= 15 is 0 Å². The van der Waals surface area contributed by atoms with E-state index in [4.69, 9.17) is 16.3 Å². The highest BCUT2D eigenvalue weighted by molar-refractivity contribution is 6.31. The third-order valence-corrected chi connectivity index (χ3v) is 5.75. The second-order valence-electron chi connectivity index (χ2n) is 7.61. The van der Waals surface area contributed by atoms with Crippen molar-refractivity contribution in [3.8, 4) is 0 Å². The van der Waals surface area contributed by atoms with Crippen molar-refractivity contribution in [3.05, 3.63) is 70.4 Å². The third kappa shape index (κ3) is 4.27. The molecule has 0 spiro atoms. The maximum Gasteiger partial charge on any atom is 0.341 e. The van der Waals surface area contributed by atoms with Crippen LogP contribution in [0.2, 0.25) is 5.02 Å². The molecule has 1 aromatic heterocycles. The molecule has 3 aromatic rings. The van der Waals surface area contributed by atoms with Crippen molar-refractivity contribution >= 4 is 34.2 Å². The van der Waals surface area contributed by atoms with Gasteiger partial charge in [0.15, 0.2) is 0 Å². The van der Waals surface area contributed by atoms with Crippen LogP contribution in [-0.2, 0) is 11.3 Å². The number of piperazine rings is 1. The van der Waals surface area contributed by atoms with Gasteiger partial charge in [0.05, 0.1) is 17.8 Å². The van der Waals surface area contributed by atoms with Gasteiger partial charge in [-0.15, -0.1) is 0 Å². The molecular weight excluding hydrogens is 398 g/mol. The summed E-state index contributed by atoms with van der Waals surface area (Å²) in [7, 11) is 0. The van der Waals surface area contributed by atoms with Gasteiger partial charge >= 0.3 is 5.97 Å². The molecule has 30 heavy (non-hydrogen) atoms. The van der Waals surface area contributed by atoms with E-state index in [9.17, 15) is 4.79 Å². The van der Waals surface area contributed by atoms with E-state index < -0.39 is 0 Å². The molecule has 0 aliphatic carbocycles. The predicted molar refractivity (Wildman–Crippen MR) is 121 cm³/mol. The summed E-state index contributed by atoms with van der Waals surface area (Å²) in [6.07, 6.45) is 1.65. The van der Waals surface area contributed by atoms with Gasteiger partial charge < -0.3 is 9.64 Å². The SMILES string of the molecule is CCOC(=O)c1cnc2c(C)cc(Cl)cc2c1N1CCN(Cc2ccccc2)CC1. The Morgan fingerprint density at radius 1 is 1.13 bits per heavy atom. The Morgan fingerprint density at radius 2 is 1.87 bits per heavy atom. The molecule has 0 saturated carbocycles. The minimum Gasteiger partial charge on any atom is -0.462 e. The highest BCUT2D eigenvalue weighted by atomic mass is 35.5. The molecular formula is C24H26ClN3O2. The van der Waals surface area contributed by atoms with Crippen LogP contribution < -0.4 is 4.90 Å². The van der Waals surface area contributed by atoms with Crippen molar-refractivity contribution in [1.82, 2.24) is 9.88 Å². The standard InChI is InChI=1S/C24H26ClN3O2/c1-3-30-24(29)21-15-26-22-17(2)13-19(25)14-20(22)23(21)28-11-9-27(10-12-28)16-18-7-5-4-6-8-18/h4-8,13-15H,3,9-12,16H2,1-2H3. The molecule has 2 heterocycles. The molecule has 5 nitrogen and oxygen atoms in total. The summed E-state index contributed by atoms with van der Waals surface area (Å²) in [5, 5.41) is 1.55. The Kier molecular flexibility index (Phi) is 6.21. The smallest absolute Gasteiger partial charge is 0.341 e. The number of nitrogens with zero attached hydrogens (tertiary/aromatic N) is 3. The molecule has 1 aliphatic heterocycles. The number of aromatic nitrogens is 1. The molecule has 6 heteroatoms. The third-order valence-electron chi connectivity index (χ3n) is 5.53. The van der Waals surface area contributed by atoms with Crippen molar-refractivity contribution in [2.75, 3.05) is 37.7 Å². The number of fused-ring (bicyclic) bond motifs is 1. The van der Waals surface area contributed by atoms with E-state index in [1.165, 1.54) is 5.56 Å². The summed E-state index contributed by atoms with van der Waals surface area (Å²) in [6, 6.07) is 14.3. The number of benzene rings is 2. The Labute approximate surface area is 182 Å². The quantitative estimate of drug-likeness (QED) is 0.557. The number of halogens is 1. The van der Waals surface area contributed by atoms with E-state index in [0.717, 1.165) is 54.9 Å². The largest absolute Gasteiger partial charge is 0.462 e. The van der Waals surface area contributed by atoms with Crippen molar-refractivity contribution in [2.45, 2.75) is 20.4 Å². The molecule has 1 saturated heterocycles. The summed E-state index contributed by atoms with van der Waals surface area (Å²) < 4.78 is 5.32. The lowest BCUT2D eigenvalue weighted by Crippen LogP contribution is -2.46. The van der Waals surface area contributed by atoms with Gasteiger partial charge in [-0.05, 0) is 37.1 Å². The topological polar surface area (TPSA) is 45.7 Å². The lowest BCUT2D eigenvalue weighted by Gasteiger charge is -2.37. The lowest BCUT2D eigenvalue weighted by molar-refractivity contribution is 0.0526. The summed E-state index contributed by atoms with van der Waals surface area (Å²) in [6.45, 7) is 8.55. The lowest BCUT2D eigenvalue weighted by atomic mass is 10.0. The molecule has 0 amide bonds. The minimum absolute atomic E-state index is 0.329. The van der Waals surface area contributed by atoms with E-state index in [1.54, 1.807) is 6.20 Å². The van der Waals surface area contributed by atoms with Crippen molar-refractivity contribution in [2.24, 2.45) is 0 Å². The van der Waals surface area contributed by atoms with Crippen molar-refractivity contribution in [1.29, 1.82) is 0 Å². The molecule has 0 unspecified atom stereocenters. The first-order valence-electron chi connectivity index (χ1n) is 10.3. The molecule has 0 N–H and O–H groups in total. The van der Waals surface area contributed by atoms with Gasteiger partial charge in [0.1, 0.15) is 5.56 Å². The van der Waals surface area contributed by atoms with Gasteiger partial charge in [-0.1, -0.05) is 41.9 Å². The van der Waals surface area contributed by atoms with Gasteiger partial charge in [-0.25, -0.2) is 4.79 Å². The van der Waals surface area contributed by atoms with E-state index in [0.29, 0.717) is 17.2 Å². The summed E-state index contributed by atoms with van der Waals surface area (Å²) in [5.41, 5.74) is 4.56. The molecule has 2 aromatic carbocycles. The molecule has 156 valence electrons. The molecule has 0 atom stereocenters. The van der Waals surface area contributed by atoms with Crippen LogP contribution in [0, 0.1) is 6.92 Å². The Hall–Kier alpha value is -2.63. The number of aryl methyl sites for hydroxylation is 1. The van der Waals surface area contributed by atoms with Gasteiger partial charge in [0.25, 0.3) is 0 Å². The van der Waals surface area contributed by atoms with Crippen LogP contribution in [0.4, 0.5) is 5.69 Å². The summed E-state index contributed by atoms with van der Waals surface area (Å²) >= 11 is 6.37. The van der Waals surface area contributed by atoms with Crippen LogP contribution in [-0.4, -0.2) is 48.6 Å². The fourth-order valence-corrected chi connectivity index (χ4v) is 4.37. The number of esters is 1. The highest BCUT2D eigenvalue weighted by Gasteiger charge is 2.25.